The summed E-state index contributed by atoms with van der Waals surface area (Å²) in [5.41, 5.74) is 0. The van der Waals surface area contributed by atoms with E-state index in [1.807, 2.05) is 0 Å². The van der Waals surface area contributed by atoms with Gasteiger partial charge >= 0.3 is 0 Å². The Balaban J connectivity index is 0.00000364. The molecule has 0 radical (unpaired) electrons. The first kappa shape index (κ1) is 24.9. The second-order valence-electron chi connectivity index (χ2n) is 8.63. The van der Waals surface area contributed by atoms with Gasteiger partial charge in [0.05, 0.1) is 17.0 Å². The number of sulfone groups is 1. The maximum absolute atomic E-state index is 12.3. The highest BCUT2D eigenvalue weighted by Gasteiger charge is 2.29. The average Bonchev–Trinajstić information content (AvgIpc) is 3.02. The molecular weight excluding hydrogens is 475 g/mol. The number of guanidine groups is 1. The van der Waals surface area contributed by atoms with Crippen LogP contribution in [0.5, 0.6) is 0 Å². The van der Waals surface area contributed by atoms with E-state index in [2.05, 4.69) is 27.0 Å². The molecule has 0 aromatic heterocycles. The molecule has 1 N–H and O–H groups in total. The van der Waals surface area contributed by atoms with Gasteiger partial charge in [-0.25, -0.2) is 8.42 Å². The summed E-state index contributed by atoms with van der Waals surface area (Å²) in [4.78, 5) is 9.53. The van der Waals surface area contributed by atoms with Crippen molar-refractivity contribution >= 4 is 39.8 Å². The molecule has 160 valence electrons. The number of nitrogens with zero attached hydrogens (tertiary/aromatic N) is 3. The van der Waals surface area contributed by atoms with Gasteiger partial charge in [-0.05, 0) is 66.0 Å². The predicted molar refractivity (Wildman–Crippen MR) is 125 cm³/mol. The highest BCUT2D eigenvalue weighted by molar-refractivity contribution is 14.0. The van der Waals surface area contributed by atoms with E-state index in [1.165, 1.54) is 45.3 Å². The van der Waals surface area contributed by atoms with E-state index >= 15 is 0 Å². The minimum atomic E-state index is -3.12. The molecule has 0 aromatic carbocycles. The molecule has 2 saturated heterocycles. The van der Waals surface area contributed by atoms with Gasteiger partial charge < -0.3 is 15.1 Å². The Kier molecular flexibility index (Phi) is 10.3. The number of hydrogen-bond acceptors (Lipinski definition) is 4. The zero-order valence-electron chi connectivity index (χ0n) is 17.5. The smallest absolute Gasteiger partial charge is 0.193 e. The molecule has 0 amide bonds. The van der Waals surface area contributed by atoms with Crippen LogP contribution >= 0.6 is 24.0 Å². The second-order valence-corrected chi connectivity index (χ2v) is 11.5. The summed E-state index contributed by atoms with van der Waals surface area (Å²) in [6.07, 6.45) is 5.24. The first-order valence-corrected chi connectivity index (χ1v) is 11.9. The monoisotopic (exact) mass is 514 g/mol. The van der Waals surface area contributed by atoms with Gasteiger partial charge in [0.1, 0.15) is 0 Å². The molecule has 0 aliphatic carbocycles. The molecule has 0 aromatic rings. The van der Waals surface area contributed by atoms with Crippen molar-refractivity contribution < 1.29 is 8.42 Å². The first-order valence-electron chi connectivity index (χ1n) is 10.2. The lowest BCUT2D eigenvalue weighted by Gasteiger charge is -2.29. The van der Waals surface area contributed by atoms with E-state index in [9.17, 15) is 8.42 Å². The topological polar surface area (TPSA) is 65.0 Å². The second kappa shape index (κ2) is 11.2. The van der Waals surface area contributed by atoms with E-state index in [-0.39, 0.29) is 29.7 Å². The number of piperidine rings is 1. The molecule has 8 heteroatoms. The van der Waals surface area contributed by atoms with Crippen molar-refractivity contribution in [1.29, 1.82) is 0 Å². The molecule has 0 saturated carbocycles. The van der Waals surface area contributed by atoms with Crippen LogP contribution in [0.2, 0.25) is 0 Å². The van der Waals surface area contributed by atoms with Crippen LogP contribution in [0.25, 0.3) is 0 Å². The maximum Gasteiger partial charge on any atom is 0.193 e. The number of hydrogen-bond donors (Lipinski definition) is 1. The summed E-state index contributed by atoms with van der Waals surface area (Å²) >= 11 is 0. The quantitative estimate of drug-likeness (QED) is 0.336. The minimum Gasteiger partial charge on any atom is -0.357 e. The van der Waals surface area contributed by atoms with E-state index in [4.69, 9.17) is 0 Å². The maximum atomic E-state index is 12.3. The van der Waals surface area contributed by atoms with Gasteiger partial charge in [0, 0.05) is 26.2 Å². The van der Waals surface area contributed by atoms with Gasteiger partial charge in [0.25, 0.3) is 0 Å². The molecule has 2 aliphatic rings. The van der Waals surface area contributed by atoms with Crippen LogP contribution in [-0.4, -0.2) is 80.5 Å². The molecular formula is C19H39IN4O2S. The zero-order chi connectivity index (χ0) is 19.2. The molecule has 2 heterocycles. The van der Waals surface area contributed by atoms with Crippen LogP contribution in [0.1, 0.15) is 53.4 Å². The van der Waals surface area contributed by atoms with Crippen molar-refractivity contribution in [2.45, 2.75) is 58.1 Å². The van der Waals surface area contributed by atoms with Crippen molar-refractivity contribution in [2.75, 3.05) is 51.6 Å². The summed E-state index contributed by atoms with van der Waals surface area (Å²) in [5.74, 6) is 1.67. The molecule has 2 fully saturated rings. The molecule has 1 atom stereocenters. The third-order valence-electron chi connectivity index (χ3n) is 5.44. The third-order valence-corrected chi connectivity index (χ3v) is 8.03. The summed E-state index contributed by atoms with van der Waals surface area (Å²) in [6, 6.07) is 0. The fourth-order valence-electron chi connectivity index (χ4n) is 3.68. The molecule has 0 bridgehead atoms. The van der Waals surface area contributed by atoms with E-state index in [0.717, 1.165) is 25.6 Å². The Labute approximate surface area is 183 Å². The van der Waals surface area contributed by atoms with Crippen LogP contribution in [0.15, 0.2) is 4.99 Å². The molecule has 27 heavy (non-hydrogen) atoms. The summed E-state index contributed by atoms with van der Waals surface area (Å²) < 4.78 is 23.8. The van der Waals surface area contributed by atoms with Crippen molar-refractivity contribution in [3.63, 3.8) is 0 Å². The molecule has 2 rings (SSSR count). The minimum absolute atomic E-state index is 0. The molecule has 6 nitrogen and oxygen atoms in total. The van der Waals surface area contributed by atoms with Crippen LogP contribution in [-0.2, 0) is 9.84 Å². The molecule has 1 unspecified atom stereocenters. The number of rotatable bonds is 6. The lowest BCUT2D eigenvalue weighted by molar-refractivity contribution is 0.198. The van der Waals surface area contributed by atoms with Gasteiger partial charge in [-0.1, -0.05) is 6.42 Å². The molecule has 0 spiro atoms. The van der Waals surface area contributed by atoms with Gasteiger partial charge in [0.15, 0.2) is 15.8 Å². The Morgan fingerprint density at radius 2 is 1.81 bits per heavy atom. The van der Waals surface area contributed by atoms with Gasteiger partial charge in [0.2, 0.25) is 0 Å². The van der Waals surface area contributed by atoms with E-state index in [1.54, 1.807) is 20.8 Å². The predicted octanol–water partition coefficient (Wildman–Crippen LogP) is 2.59. The average molecular weight is 515 g/mol. The summed E-state index contributed by atoms with van der Waals surface area (Å²) in [6.45, 7) is 14.2. The highest BCUT2D eigenvalue weighted by Crippen LogP contribution is 2.20. The first-order chi connectivity index (χ1) is 12.2. The molecule has 2 aliphatic heterocycles. The number of aliphatic imine (C=N–C) groups is 1. The lowest BCUT2D eigenvalue weighted by atomic mass is 10.1. The van der Waals surface area contributed by atoms with Crippen LogP contribution in [0, 0.1) is 5.92 Å². The summed E-state index contributed by atoms with van der Waals surface area (Å²) in [7, 11) is -3.12. The summed E-state index contributed by atoms with van der Waals surface area (Å²) in [5, 5.41) is 3.34. The third kappa shape index (κ3) is 7.68. The largest absolute Gasteiger partial charge is 0.357 e. The van der Waals surface area contributed by atoms with Crippen molar-refractivity contribution in [1.82, 2.24) is 15.1 Å². The number of likely N-dealkylation sites (tertiary alicyclic amines) is 2. The van der Waals surface area contributed by atoms with Crippen molar-refractivity contribution in [2.24, 2.45) is 10.9 Å². The lowest BCUT2D eigenvalue weighted by Crippen LogP contribution is -2.41. The Hall–Kier alpha value is -0.0900. The van der Waals surface area contributed by atoms with Crippen molar-refractivity contribution in [3.8, 4) is 0 Å². The van der Waals surface area contributed by atoms with E-state index in [0.29, 0.717) is 12.5 Å². The normalized spacial score (nSPS) is 22.6. The fraction of sp³-hybridized carbons (Fsp3) is 0.947. The standard InChI is InChI=1S/C19H38N4O2S.HI/c1-5-20-18(21-10-14-26(24,25)19(2,3)4)23-13-9-17(16-23)15-22-11-7-6-8-12-22;/h17H,5-16H2,1-4H3,(H,20,21);1H. The Morgan fingerprint density at radius 3 is 2.41 bits per heavy atom. The number of nitrogens with one attached hydrogen (secondary N) is 1. The van der Waals surface area contributed by atoms with E-state index < -0.39 is 14.6 Å². The Morgan fingerprint density at radius 1 is 1.15 bits per heavy atom. The zero-order valence-corrected chi connectivity index (χ0v) is 20.7. The van der Waals surface area contributed by atoms with Gasteiger partial charge in [-0.2, -0.15) is 0 Å². The van der Waals surface area contributed by atoms with Crippen LogP contribution in [0.4, 0.5) is 0 Å². The van der Waals surface area contributed by atoms with Gasteiger partial charge in [-0.3, -0.25) is 4.99 Å². The fourth-order valence-corrected chi connectivity index (χ4v) is 4.63. The van der Waals surface area contributed by atoms with Gasteiger partial charge in [-0.15, -0.1) is 24.0 Å². The van der Waals surface area contributed by atoms with Crippen LogP contribution < -0.4 is 5.32 Å². The van der Waals surface area contributed by atoms with Crippen LogP contribution in [0.3, 0.4) is 0 Å². The Bertz CT molecular complexity index is 569. The van der Waals surface area contributed by atoms with Crippen molar-refractivity contribution in [3.05, 3.63) is 0 Å². The highest BCUT2D eigenvalue weighted by atomic mass is 127. The number of halogens is 1. The SMILES string of the molecule is CCNC(=NCCS(=O)(=O)C(C)(C)C)N1CCC(CN2CCCCC2)C1.I.